The molecule has 0 saturated heterocycles. The Hall–Kier alpha value is -1.96. The zero-order valence-electron chi connectivity index (χ0n) is 14.3. The van der Waals surface area contributed by atoms with E-state index in [0.29, 0.717) is 0 Å². The maximum Gasteiger partial charge on any atom is 0.174 e. The van der Waals surface area contributed by atoms with Gasteiger partial charge in [0.15, 0.2) is 23.0 Å². The van der Waals surface area contributed by atoms with Crippen LogP contribution >= 0.6 is 0 Å². The molecule has 2 nitrogen and oxygen atoms in total. The molecule has 2 aromatic carbocycles. The van der Waals surface area contributed by atoms with E-state index in [1.165, 1.54) is 11.1 Å². The van der Waals surface area contributed by atoms with Gasteiger partial charge in [0.25, 0.3) is 0 Å². The van der Waals surface area contributed by atoms with E-state index < -0.39 is 0 Å². The Bertz CT molecular complexity index is 715. The fraction of sp³-hybridized carbons (Fsp3) is 0.400. The Kier molecular flexibility index (Phi) is 3.24. The van der Waals surface area contributed by atoms with Crippen LogP contribution in [-0.2, 0) is 10.8 Å². The molecule has 1 aliphatic heterocycles. The van der Waals surface area contributed by atoms with Gasteiger partial charge in [-0.15, -0.1) is 0 Å². The largest absolute Gasteiger partial charge is 0.450 e. The van der Waals surface area contributed by atoms with E-state index in [9.17, 15) is 0 Å². The van der Waals surface area contributed by atoms with Crippen molar-refractivity contribution in [3.8, 4) is 23.0 Å². The van der Waals surface area contributed by atoms with Crippen LogP contribution in [0.4, 0.5) is 0 Å². The number of hydrogen-bond donors (Lipinski definition) is 0. The Balaban J connectivity index is 2.24. The van der Waals surface area contributed by atoms with Crippen molar-refractivity contribution in [2.75, 3.05) is 0 Å². The maximum atomic E-state index is 6.25. The quantitative estimate of drug-likeness (QED) is 0.493. The Labute approximate surface area is 133 Å². The molecule has 0 saturated carbocycles. The molecule has 3 rings (SSSR count). The third-order valence-corrected chi connectivity index (χ3v) is 3.96. The highest BCUT2D eigenvalue weighted by Gasteiger charge is 2.33. The van der Waals surface area contributed by atoms with Crippen molar-refractivity contribution < 1.29 is 9.47 Å². The highest BCUT2D eigenvalue weighted by molar-refractivity contribution is 5.62. The van der Waals surface area contributed by atoms with Crippen LogP contribution in [0, 0.1) is 0 Å². The Morgan fingerprint density at radius 3 is 1.77 bits per heavy atom. The van der Waals surface area contributed by atoms with Crippen LogP contribution in [0.3, 0.4) is 0 Å². The molecule has 0 spiro atoms. The van der Waals surface area contributed by atoms with E-state index in [2.05, 4.69) is 47.6 Å². The van der Waals surface area contributed by atoms with Gasteiger partial charge < -0.3 is 9.47 Å². The summed E-state index contributed by atoms with van der Waals surface area (Å²) in [5, 5.41) is 0. The van der Waals surface area contributed by atoms with Crippen LogP contribution in [0.15, 0.2) is 36.4 Å². The maximum absolute atomic E-state index is 6.25. The van der Waals surface area contributed by atoms with Crippen molar-refractivity contribution >= 4 is 0 Å². The molecule has 0 atom stereocenters. The predicted octanol–water partition coefficient (Wildman–Crippen LogP) is 6.18. The van der Waals surface area contributed by atoms with Gasteiger partial charge in [-0.25, -0.2) is 0 Å². The SMILES string of the molecule is CC(C)(C)c1ccc2c(c1C(C)(C)C)Oc1ccccc1O2. The first-order chi connectivity index (χ1) is 10.2. The van der Waals surface area contributed by atoms with Crippen LogP contribution < -0.4 is 9.47 Å². The molecule has 116 valence electrons. The second kappa shape index (κ2) is 4.77. The average Bonchev–Trinajstić information content (AvgIpc) is 2.41. The van der Waals surface area contributed by atoms with Gasteiger partial charge in [0, 0.05) is 5.56 Å². The molecular formula is C20H24O2. The molecule has 2 aromatic rings. The van der Waals surface area contributed by atoms with E-state index in [1.807, 2.05) is 30.3 Å². The number of ether oxygens (including phenoxy) is 2. The van der Waals surface area contributed by atoms with Crippen molar-refractivity contribution in [1.82, 2.24) is 0 Å². The van der Waals surface area contributed by atoms with Crippen molar-refractivity contribution in [3.05, 3.63) is 47.5 Å². The number of hydrogen-bond acceptors (Lipinski definition) is 2. The Morgan fingerprint density at radius 1 is 0.636 bits per heavy atom. The minimum Gasteiger partial charge on any atom is -0.450 e. The van der Waals surface area contributed by atoms with Crippen LogP contribution in [0.25, 0.3) is 0 Å². The summed E-state index contributed by atoms with van der Waals surface area (Å²) >= 11 is 0. The molecule has 0 N–H and O–H groups in total. The third kappa shape index (κ3) is 2.47. The molecule has 0 bridgehead atoms. The molecule has 0 aliphatic carbocycles. The molecule has 0 unspecified atom stereocenters. The molecule has 1 heterocycles. The van der Waals surface area contributed by atoms with E-state index >= 15 is 0 Å². The molecule has 0 aromatic heterocycles. The molecule has 0 radical (unpaired) electrons. The standard InChI is InChI=1S/C20H24O2/c1-19(2,3)13-11-12-16-18(17(13)20(4,5)6)22-15-10-8-7-9-14(15)21-16/h7-12H,1-6H3. The van der Waals surface area contributed by atoms with Gasteiger partial charge in [-0.1, -0.05) is 59.7 Å². The summed E-state index contributed by atoms with van der Waals surface area (Å²) < 4.78 is 12.3. The normalized spacial score (nSPS) is 13.7. The summed E-state index contributed by atoms with van der Waals surface area (Å²) in [5.41, 5.74) is 2.57. The third-order valence-electron chi connectivity index (χ3n) is 3.96. The predicted molar refractivity (Wildman–Crippen MR) is 90.4 cm³/mol. The summed E-state index contributed by atoms with van der Waals surface area (Å²) in [4.78, 5) is 0. The average molecular weight is 296 g/mol. The summed E-state index contributed by atoms with van der Waals surface area (Å²) in [5.74, 6) is 3.22. The lowest BCUT2D eigenvalue weighted by atomic mass is 9.74. The molecule has 0 amide bonds. The molecule has 22 heavy (non-hydrogen) atoms. The zero-order valence-corrected chi connectivity index (χ0v) is 14.3. The van der Waals surface area contributed by atoms with Gasteiger partial charge in [-0.2, -0.15) is 0 Å². The zero-order chi connectivity index (χ0) is 16.1. The minimum absolute atomic E-state index is 0.0242. The summed E-state index contributed by atoms with van der Waals surface area (Å²) in [6.45, 7) is 13.4. The van der Waals surface area contributed by atoms with Gasteiger partial charge >= 0.3 is 0 Å². The molecule has 2 heteroatoms. The topological polar surface area (TPSA) is 18.5 Å². The van der Waals surface area contributed by atoms with Crippen molar-refractivity contribution in [2.45, 2.75) is 52.4 Å². The number of fused-ring (bicyclic) bond motifs is 2. The fourth-order valence-corrected chi connectivity index (χ4v) is 2.96. The summed E-state index contributed by atoms with van der Waals surface area (Å²) in [6, 6.07) is 12.0. The van der Waals surface area contributed by atoms with Gasteiger partial charge in [0.1, 0.15) is 0 Å². The first-order valence-electron chi connectivity index (χ1n) is 7.80. The van der Waals surface area contributed by atoms with Gasteiger partial charge in [0.2, 0.25) is 0 Å². The van der Waals surface area contributed by atoms with Crippen LogP contribution in [0.5, 0.6) is 23.0 Å². The van der Waals surface area contributed by atoms with Gasteiger partial charge in [0.05, 0.1) is 0 Å². The fourth-order valence-electron chi connectivity index (χ4n) is 2.96. The summed E-state index contributed by atoms with van der Waals surface area (Å²) in [6.07, 6.45) is 0. The van der Waals surface area contributed by atoms with Crippen molar-refractivity contribution in [3.63, 3.8) is 0 Å². The molecular weight excluding hydrogens is 272 g/mol. The van der Waals surface area contributed by atoms with Crippen molar-refractivity contribution in [2.24, 2.45) is 0 Å². The van der Waals surface area contributed by atoms with Crippen molar-refractivity contribution in [1.29, 1.82) is 0 Å². The highest BCUT2D eigenvalue weighted by Crippen LogP contribution is 2.51. The first-order valence-corrected chi connectivity index (χ1v) is 7.80. The van der Waals surface area contributed by atoms with E-state index in [4.69, 9.17) is 9.47 Å². The summed E-state index contributed by atoms with van der Waals surface area (Å²) in [7, 11) is 0. The van der Waals surface area contributed by atoms with Gasteiger partial charge in [-0.3, -0.25) is 0 Å². The first kappa shape index (κ1) is 15.0. The highest BCUT2D eigenvalue weighted by atomic mass is 16.6. The second-order valence-electron chi connectivity index (χ2n) is 7.97. The monoisotopic (exact) mass is 296 g/mol. The van der Waals surface area contributed by atoms with Crippen LogP contribution in [0.1, 0.15) is 52.7 Å². The minimum atomic E-state index is -0.0242. The lowest BCUT2D eigenvalue weighted by Crippen LogP contribution is -2.23. The van der Waals surface area contributed by atoms with Crippen LogP contribution in [-0.4, -0.2) is 0 Å². The molecule has 1 aliphatic rings. The van der Waals surface area contributed by atoms with E-state index in [-0.39, 0.29) is 10.8 Å². The lowest BCUT2D eigenvalue weighted by molar-refractivity contribution is 0.346. The van der Waals surface area contributed by atoms with Crippen LogP contribution in [0.2, 0.25) is 0 Å². The number of para-hydroxylation sites is 2. The smallest absolute Gasteiger partial charge is 0.174 e. The van der Waals surface area contributed by atoms with E-state index in [0.717, 1.165) is 23.0 Å². The van der Waals surface area contributed by atoms with E-state index in [1.54, 1.807) is 0 Å². The molecule has 0 fully saturated rings. The Morgan fingerprint density at radius 2 is 1.23 bits per heavy atom. The lowest BCUT2D eigenvalue weighted by Gasteiger charge is -2.34. The second-order valence-corrected chi connectivity index (χ2v) is 7.97. The van der Waals surface area contributed by atoms with Gasteiger partial charge in [-0.05, 0) is 34.6 Å². The number of benzene rings is 2. The number of rotatable bonds is 0.